The van der Waals surface area contributed by atoms with Gasteiger partial charge in [-0.2, -0.15) is 13.2 Å². The molecule has 25 heavy (non-hydrogen) atoms. The number of benzene rings is 1. The van der Waals surface area contributed by atoms with Crippen molar-refractivity contribution in [1.29, 1.82) is 0 Å². The number of alkyl halides is 3. The first-order chi connectivity index (χ1) is 11.8. The van der Waals surface area contributed by atoms with Crippen molar-refractivity contribution in [3.63, 3.8) is 0 Å². The molecule has 1 N–H and O–H groups in total. The van der Waals surface area contributed by atoms with E-state index in [4.69, 9.17) is 0 Å². The van der Waals surface area contributed by atoms with Gasteiger partial charge in [-0.15, -0.1) is 10.2 Å². The molecule has 0 radical (unpaired) electrons. The summed E-state index contributed by atoms with van der Waals surface area (Å²) in [5.41, 5.74) is 0.870. The first-order valence-electron chi connectivity index (χ1n) is 7.61. The smallest absolute Gasteiger partial charge is 0.338 e. The Hall–Kier alpha value is -2.65. The van der Waals surface area contributed by atoms with Gasteiger partial charge in [-0.1, -0.05) is 12.1 Å². The van der Waals surface area contributed by atoms with Gasteiger partial charge < -0.3 is 14.8 Å². The molecule has 0 fully saturated rings. The van der Waals surface area contributed by atoms with Crippen molar-refractivity contribution in [2.75, 3.05) is 13.1 Å². The number of nitrogens with one attached hydrogen (secondary N) is 1. The van der Waals surface area contributed by atoms with Crippen molar-refractivity contribution in [2.45, 2.75) is 25.7 Å². The maximum atomic E-state index is 12.8. The van der Waals surface area contributed by atoms with Crippen molar-refractivity contribution in [3.8, 4) is 0 Å². The van der Waals surface area contributed by atoms with Crippen molar-refractivity contribution in [1.82, 2.24) is 25.0 Å². The molecule has 1 aromatic carbocycles. The largest absolute Gasteiger partial charge is 0.451 e. The summed E-state index contributed by atoms with van der Waals surface area (Å²) in [4.78, 5) is 13.5. The normalized spacial score (nSPS) is 14.3. The predicted octanol–water partition coefficient (Wildman–Crippen LogP) is 2.20. The minimum Gasteiger partial charge on any atom is -0.338 e. The maximum absolute atomic E-state index is 12.8. The predicted molar refractivity (Wildman–Crippen MR) is 78.9 cm³/mol. The van der Waals surface area contributed by atoms with Crippen LogP contribution < -0.4 is 5.32 Å². The minimum atomic E-state index is -4.56. The van der Waals surface area contributed by atoms with Crippen LogP contribution in [0.2, 0.25) is 0 Å². The first-order valence-corrected chi connectivity index (χ1v) is 7.61. The van der Waals surface area contributed by atoms with Gasteiger partial charge in [0.05, 0.1) is 6.54 Å². The third-order valence-corrected chi connectivity index (χ3v) is 3.90. The third-order valence-electron chi connectivity index (χ3n) is 3.90. The molecular weight excluding hydrogens is 342 g/mol. The molecule has 1 aromatic heterocycles. The van der Waals surface area contributed by atoms with E-state index in [1.807, 2.05) is 0 Å². The molecule has 6 nitrogen and oxygen atoms in total. The molecule has 0 bridgehead atoms. The molecule has 3 rings (SSSR count). The Balaban J connectivity index is 1.54. The Morgan fingerprint density at radius 2 is 1.88 bits per heavy atom. The molecule has 134 valence electrons. The van der Waals surface area contributed by atoms with Gasteiger partial charge in [-0.25, -0.2) is 9.18 Å². The number of nitrogens with zero attached hydrogens (tertiary/aromatic N) is 4. The highest BCUT2D eigenvalue weighted by molar-refractivity contribution is 5.74. The fourth-order valence-electron chi connectivity index (χ4n) is 2.62. The van der Waals surface area contributed by atoms with E-state index in [0.29, 0.717) is 13.0 Å². The molecule has 2 amide bonds. The number of carbonyl (C=O) groups is 1. The highest BCUT2D eigenvalue weighted by Crippen LogP contribution is 2.29. The van der Waals surface area contributed by atoms with Crippen LogP contribution in [-0.2, 0) is 25.7 Å². The van der Waals surface area contributed by atoms with Gasteiger partial charge in [0, 0.05) is 19.6 Å². The van der Waals surface area contributed by atoms with Crippen LogP contribution >= 0.6 is 0 Å². The van der Waals surface area contributed by atoms with Gasteiger partial charge >= 0.3 is 12.2 Å². The number of halogens is 4. The van der Waals surface area contributed by atoms with Crippen molar-refractivity contribution >= 4 is 6.03 Å². The summed E-state index contributed by atoms with van der Waals surface area (Å²) in [5.74, 6) is -1.27. The van der Waals surface area contributed by atoms with Crippen LogP contribution in [0.5, 0.6) is 0 Å². The monoisotopic (exact) mass is 357 g/mol. The second-order valence-corrected chi connectivity index (χ2v) is 5.62. The lowest BCUT2D eigenvalue weighted by Gasteiger charge is -2.28. The van der Waals surface area contributed by atoms with Crippen molar-refractivity contribution in [2.24, 2.45) is 0 Å². The second-order valence-electron chi connectivity index (χ2n) is 5.62. The minimum absolute atomic E-state index is 0.0114. The zero-order valence-electron chi connectivity index (χ0n) is 13.1. The molecule has 0 atom stereocenters. The van der Waals surface area contributed by atoms with Crippen molar-refractivity contribution in [3.05, 3.63) is 47.3 Å². The van der Waals surface area contributed by atoms with Gasteiger partial charge in [0.2, 0.25) is 5.82 Å². The van der Waals surface area contributed by atoms with E-state index >= 15 is 0 Å². The SMILES string of the molecule is O=C(NCCc1ccc(F)cc1)N1CCn2c(nnc2C(F)(F)F)C1. The molecule has 0 saturated carbocycles. The van der Waals surface area contributed by atoms with Crippen LogP contribution in [-0.4, -0.2) is 38.8 Å². The quantitative estimate of drug-likeness (QED) is 0.857. The standard InChI is InChI=1S/C15H15F4N5O/c16-11-3-1-10(2-4-11)5-6-20-14(25)23-7-8-24-12(9-23)21-22-13(24)15(17,18)19/h1-4H,5-9H2,(H,20,25). The van der Waals surface area contributed by atoms with Crippen LogP contribution in [0, 0.1) is 5.82 Å². The maximum Gasteiger partial charge on any atom is 0.451 e. The van der Waals surface area contributed by atoms with Gasteiger partial charge in [-0.3, -0.25) is 0 Å². The Morgan fingerprint density at radius 1 is 1.16 bits per heavy atom. The Labute approximate surface area is 140 Å². The van der Waals surface area contributed by atoms with E-state index in [2.05, 4.69) is 15.5 Å². The summed E-state index contributed by atoms with van der Waals surface area (Å²) in [7, 11) is 0. The third kappa shape index (κ3) is 3.89. The topological polar surface area (TPSA) is 63.1 Å². The van der Waals surface area contributed by atoms with E-state index in [0.717, 1.165) is 10.1 Å². The van der Waals surface area contributed by atoms with E-state index in [1.165, 1.54) is 17.0 Å². The van der Waals surface area contributed by atoms with Gasteiger partial charge in [0.15, 0.2) is 5.82 Å². The van der Waals surface area contributed by atoms with E-state index in [1.54, 1.807) is 12.1 Å². The number of hydrogen-bond donors (Lipinski definition) is 1. The lowest BCUT2D eigenvalue weighted by atomic mass is 10.1. The molecule has 0 spiro atoms. The number of carbonyl (C=O) groups excluding carboxylic acids is 1. The van der Waals surface area contributed by atoms with E-state index in [-0.39, 0.29) is 37.3 Å². The molecule has 1 aliphatic rings. The summed E-state index contributed by atoms with van der Waals surface area (Å²) in [6.45, 7) is 0.423. The number of fused-ring (bicyclic) bond motifs is 1. The van der Waals surface area contributed by atoms with Crippen LogP contribution in [0.25, 0.3) is 0 Å². The fourth-order valence-corrected chi connectivity index (χ4v) is 2.62. The molecule has 2 aromatic rings. The number of rotatable bonds is 3. The lowest BCUT2D eigenvalue weighted by Crippen LogP contribution is -2.45. The summed E-state index contributed by atoms with van der Waals surface area (Å²) in [6, 6.07) is 5.55. The number of aromatic nitrogens is 3. The molecule has 0 saturated heterocycles. The molecule has 2 heterocycles. The fraction of sp³-hybridized carbons (Fsp3) is 0.400. The average Bonchev–Trinajstić information content (AvgIpc) is 3.00. The molecule has 0 unspecified atom stereocenters. The summed E-state index contributed by atoms with van der Waals surface area (Å²) < 4.78 is 52.1. The van der Waals surface area contributed by atoms with Crippen LogP contribution in [0.15, 0.2) is 24.3 Å². The summed E-state index contributed by atoms with van der Waals surface area (Å²) in [6.07, 6.45) is -4.04. The molecule has 10 heteroatoms. The molecule has 1 aliphatic heterocycles. The highest BCUT2D eigenvalue weighted by Gasteiger charge is 2.39. The first kappa shape index (κ1) is 17.2. The second kappa shape index (κ2) is 6.69. The Kier molecular flexibility index (Phi) is 4.60. The van der Waals surface area contributed by atoms with Crippen molar-refractivity contribution < 1.29 is 22.4 Å². The van der Waals surface area contributed by atoms with Crippen LogP contribution in [0.4, 0.5) is 22.4 Å². The van der Waals surface area contributed by atoms with E-state index in [9.17, 15) is 22.4 Å². The van der Waals surface area contributed by atoms with Gasteiger partial charge in [-0.05, 0) is 24.1 Å². The summed E-state index contributed by atoms with van der Waals surface area (Å²) in [5, 5.41) is 9.40. The average molecular weight is 357 g/mol. The Morgan fingerprint density at radius 3 is 2.56 bits per heavy atom. The van der Waals surface area contributed by atoms with Gasteiger partial charge in [0.1, 0.15) is 5.82 Å². The molecule has 0 aliphatic carbocycles. The number of hydrogen-bond acceptors (Lipinski definition) is 3. The molecular formula is C15H15F4N5O. The summed E-state index contributed by atoms with van der Waals surface area (Å²) >= 11 is 0. The number of urea groups is 1. The lowest BCUT2D eigenvalue weighted by molar-refractivity contribution is -0.147. The number of amides is 2. The Bertz CT molecular complexity index is 756. The highest BCUT2D eigenvalue weighted by atomic mass is 19.4. The van der Waals surface area contributed by atoms with Gasteiger partial charge in [0.25, 0.3) is 0 Å². The van der Waals surface area contributed by atoms with Crippen LogP contribution in [0.1, 0.15) is 17.2 Å². The van der Waals surface area contributed by atoms with E-state index < -0.39 is 12.0 Å². The zero-order chi connectivity index (χ0) is 18.0. The van der Waals surface area contributed by atoms with Crippen LogP contribution in [0.3, 0.4) is 0 Å². The zero-order valence-corrected chi connectivity index (χ0v) is 13.1.